The Balaban J connectivity index is 2.05. The molecule has 2 atom stereocenters. The Hall–Kier alpha value is -1.03. The highest BCUT2D eigenvalue weighted by Crippen LogP contribution is 2.28. The fourth-order valence-electron chi connectivity index (χ4n) is 2.72. The lowest BCUT2D eigenvalue weighted by molar-refractivity contribution is 0.0704. The van der Waals surface area contributed by atoms with Crippen LogP contribution in [0.3, 0.4) is 0 Å². The van der Waals surface area contributed by atoms with Gasteiger partial charge in [0.15, 0.2) is 0 Å². The Bertz CT molecular complexity index is 446. The topological polar surface area (TPSA) is 29.5 Å². The molecule has 1 aliphatic carbocycles. The quantitative estimate of drug-likeness (QED) is 0.779. The number of nitrogens with zero attached hydrogens (tertiary/aromatic N) is 1. The molecule has 0 spiro atoms. The molecule has 4 heteroatoms. The van der Waals surface area contributed by atoms with Crippen molar-refractivity contribution in [2.24, 2.45) is 0 Å². The molecule has 0 N–H and O–H groups in total. The number of rotatable bonds is 4. The summed E-state index contributed by atoms with van der Waals surface area (Å²) >= 11 is 3.71. The van der Waals surface area contributed by atoms with Crippen LogP contribution in [0.25, 0.3) is 0 Å². The highest BCUT2D eigenvalue weighted by atomic mass is 79.9. The van der Waals surface area contributed by atoms with Gasteiger partial charge >= 0.3 is 0 Å². The molecule has 1 aromatic rings. The first kappa shape index (κ1) is 15.4. The second-order valence-corrected chi connectivity index (χ2v) is 6.42. The van der Waals surface area contributed by atoms with Crippen LogP contribution >= 0.6 is 15.9 Å². The molecule has 1 aliphatic rings. The number of carbonyl (C=O) groups excluding carboxylic acids is 1. The molecular formula is C16H22BrNO2. The van der Waals surface area contributed by atoms with Crippen LogP contribution in [-0.2, 0) is 0 Å². The predicted octanol–water partition coefficient (Wildman–Crippen LogP) is 3.86. The van der Waals surface area contributed by atoms with Gasteiger partial charge in [0, 0.05) is 23.5 Å². The van der Waals surface area contributed by atoms with Crippen LogP contribution in [-0.4, -0.2) is 35.3 Å². The maximum absolute atomic E-state index is 12.5. The smallest absolute Gasteiger partial charge is 0.253 e. The van der Waals surface area contributed by atoms with Crippen molar-refractivity contribution in [3.05, 3.63) is 29.8 Å². The Labute approximate surface area is 129 Å². The average Bonchev–Trinajstić information content (AvgIpc) is 2.47. The zero-order valence-electron chi connectivity index (χ0n) is 12.1. The van der Waals surface area contributed by atoms with E-state index in [0.717, 1.165) is 24.2 Å². The van der Waals surface area contributed by atoms with Crippen molar-refractivity contribution >= 4 is 21.8 Å². The normalized spacial score (nSPS) is 22.4. The van der Waals surface area contributed by atoms with E-state index in [9.17, 15) is 4.79 Å². The molecule has 1 amide bonds. The summed E-state index contributed by atoms with van der Waals surface area (Å²) in [5.74, 6) is 0.895. The summed E-state index contributed by atoms with van der Waals surface area (Å²) in [5.41, 5.74) is 0.723. The van der Waals surface area contributed by atoms with E-state index in [4.69, 9.17) is 4.74 Å². The van der Waals surface area contributed by atoms with Gasteiger partial charge in [-0.05, 0) is 44.0 Å². The lowest BCUT2D eigenvalue weighted by atomic mass is 9.94. The Morgan fingerprint density at radius 1 is 1.30 bits per heavy atom. The van der Waals surface area contributed by atoms with E-state index in [1.807, 2.05) is 43.1 Å². The van der Waals surface area contributed by atoms with E-state index < -0.39 is 0 Å². The molecule has 2 rings (SSSR count). The van der Waals surface area contributed by atoms with Gasteiger partial charge in [-0.2, -0.15) is 0 Å². The summed E-state index contributed by atoms with van der Waals surface area (Å²) in [6.07, 6.45) is 4.67. The maximum Gasteiger partial charge on any atom is 0.253 e. The van der Waals surface area contributed by atoms with Crippen LogP contribution in [0.2, 0.25) is 0 Å². The average molecular weight is 340 g/mol. The number of halogens is 1. The van der Waals surface area contributed by atoms with Crippen LogP contribution in [0.1, 0.15) is 43.0 Å². The van der Waals surface area contributed by atoms with Crippen LogP contribution in [0.5, 0.6) is 5.75 Å². The van der Waals surface area contributed by atoms with Gasteiger partial charge in [-0.3, -0.25) is 4.79 Å². The van der Waals surface area contributed by atoms with Crippen molar-refractivity contribution in [3.63, 3.8) is 0 Å². The first-order valence-electron chi connectivity index (χ1n) is 7.27. The largest absolute Gasteiger partial charge is 0.494 e. The van der Waals surface area contributed by atoms with Crippen molar-refractivity contribution in [2.75, 3.05) is 13.7 Å². The van der Waals surface area contributed by atoms with Gasteiger partial charge in [0.2, 0.25) is 0 Å². The fraction of sp³-hybridized carbons (Fsp3) is 0.562. The molecule has 20 heavy (non-hydrogen) atoms. The molecule has 3 nitrogen and oxygen atoms in total. The molecule has 0 bridgehead atoms. The molecule has 2 unspecified atom stereocenters. The number of ether oxygens (including phenoxy) is 1. The number of benzene rings is 1. The summed E-state index contributed by atoms with van der Waals surface area (Å²) in [4.78, 5) is 14.8. The Morgan fingerprint density at radius 3 is 2.55 bits per heavy atom. The van der Waals surface area contributed by atoms with Gasteiger partial charge in [0.25, 0.3) is 5.91 Å². The standard InChI is InChI=1S/C16H22BrNO2/c1-3-20-13-10-8-12(9-11-13)16(19)18(2)15-7-5-4-6-14(15)17/h8-11,14-15H,3-7H2,1-2H3. The van der Waals surface area contributed by atoms with Gasteiger partial charge in [0.1, 0.15) is 5.75 Å². The third-order valence-electron chi connectivity index (χ3n) is 3.88. The summed E-state index contributed by atoms with van der Waals surface area (Å²) in [5, 5.41) is 0. The SMILES string of the molecule is CCOc1ccc(C(=O)N(C)C2CCCCC2Br)cc1. The highest BCUT2D eigenvalue weighted by Gasteiger charge is 2.29. The fourth-order valence-corrected chi connectivity index (χ4v) is 3.66. The second-order valence-electron chi connectivity index (χ2n) is 5.24. The zero-order chi connectivity index (χ0) is 14.5. The molecule has 110 valence electrons. The molecular weight excluding hydrogens is 318 g/mol. The molecule has 1 aromatic carbocycles. The maximum atomic E-state index is 12.5. The minimum Gasteiger partial charge on any atom is -0.494 e. The number of hydrogen-bond acceptors (Lipinski definition) is 2. The summed E-state index contributed by atoms with van der Waals surface area (Å²) < 4.78 is 5.40. The first-order chi connectivity index (χ1) is 9.63. The number of carbonyl (C=O) groups is 1. The van der Waals surface area contributed by atoms with Crippen LogP contribution in [0, 0.1) is 0 Å². The predicted molar refractivity (Wildman–Crippen MR) is 84.7 cm³/mol. The third kappa shape index (κ3) is 3.54. The molecule has 0 saturated heterocycles. The lowest BCUT2D eigenvalue weighted by Gasteiger charge is -2.35. The van der Waals surface area contributed by atoms with E-state index in [-0.39, 0.29) is 5.91 Å². The zero-order valence-corrected chi connectivity index (χ0v) is 13.7. The van der Waals surface area contributed by atoms with Gasteiger partial charge in [-0.1, -0.05) is 28.8 Å². The number of alkyl halides is 1. The number of hydrogen-bond donors (Lipinski definition) is 0. The first-order valence-corrected chi connectivity index (χ1v) is 8.19. The minimum absolute atomic E-state index is 0.0874. The Kier molecular flexibility index (Phi) is 5.46. The summed E-state index contributed by atoms with van der Waals surface area (Å²) in [6, 6.07) is 7.70. The van der Waals surface area contributed by atoms with E-state index in [1.165, 1.54) is 12.8 Å². The second kappa shape index (κ2) is 7.11. The van der Waals surface area contributed by atoms with Crippen molar-refractivity contribution in [1.82, 2.24) is 4.90 Å². The molecule has 0 heterocycles. The van der Waals surface area contributed by atoms with Gasteiger partial charge in [-0.25, -0.2) is 0 Å². The monoisotopic (exact) mass is 339 g/mol. The molecule has 0 aliphatic heterocycles. The molecule has 1 fully saturated rings. The summed E-state index contributed by atoms with van der Waals surface area (Å²) in [7, 11) is 1.91. The van der Waals surface area contributed by atoms with Gasteiger partial charge in [0.05, 0.1) is 6.61 Å². The lowest BCUT2D eigenvalue weighted by Crippen LogP contribution is -2.44. The van der Waals surface area contributed by atoms with Crippen molar-refractivity contribution in [3.8, 4) is 5.75 Å². The molecule has 0 aromatic heterocycles. The Morgan fingerprint density at radius 2 is 1.95 bits per heavy atom. The van der Waals surface area contributed by atoms with Crippen molar-refractivity contribution in [1.29, 1.82) is 0 Å². The summed E-state index contributed by atoms with van der Waals surface area (Å²) in [6.45, 7) is 2.59. The molecule has 0 radical (unpaired) electrons. The number of amides is 1. The van der Waals surface area contributed by atoms with Gasteiger partial charge in [-0.15, -0.1) is 0 Å². The van der Waals surface area contributed by atoms with Crippen LogP contribution in [0.15, 0.2) is 24.3 Å². The third-order valence-corrected chi connectivity index (χ3v) is 4.95. The van der Waals surface area contributed by atoms with Crippen LogP contribution < -0.4 is 4.74 Å². The van der Waals surface area contributed by atoms with E-state index in [2.05, 4.69) is 15.9 Å². The molecule has 1 saturated carbocycles. The van der Waals surface area contributed by atoms with Crippen LogP contribution in [0.4, 0.5) is 0 Å². The minimum atomic E-state index is 0.0874. The van der Waals surface area contributed by atoms with E-state index in [1.54, 1.807) is 0 Å². The highest BCUT2D eigenvalue weighted by molar-refractivity contribution is 9.09. The van der Waals surface area contributed by atoms with Crippen molar-refractivity contribution < 1.29 is 9.53 Å². The van der Waals surface area contributed by atoms with Gasteiger partial charge < -0.3 is 9.64 Å². The van der Waals surface area contributed by atoms with E-state index in [0.29, 0.717) is 17.5 Å². The van der Waals surface area contributed by atoms with Crippen molar-refractivity contribution in [2.45, 2.75) is 43.5 Å². The van der Waals surface area contributed by atoms with E-state index >= 15 is 0 Å².